The molecule has 0 aliphatic rings. The van der Waals surface area contributed by atoms with Crippen LogP contribution in [-0.4, -0.2) is 33.0 Å². The van der Waals surface area contributed by atoms with Crippen LogP contribution in [0.15, 0.2) is 24.3 Å². The summed E-state index contributed by atoms with van der Waals surface area (Å²) >= 11 is 0. The van der Waals surface area contributed by atoms with Crippen molar-refractivity contribution in [2.75, 3.05) is 7.05 Å². The summed E-state index contributed by atoms with van der Waals surface area (Å²) in [6.45, 7) is 4.23. The SMILES string of the molecule is CC(C)c1nc(C(=O)N(C)Cc2cccc(F)c2)n[nH]1. The first kappa shape index (κ1) is 14.2. The highest BCUT2D eigenvalue weighted by molar-refractivity contribution is 5.90. The van der Waals surface area contributed by atoms with Crippen molar-refractivity contribution >= 4 is 5.91 Å². The maximum Gasteiger partial charge on any atom is 0.293 e. The van der Waals surface area contributed by atoms with E-state index in [-0.39, 0.29) is 23.5 Å². The van der Waals surface area contributed by atoms with Gasteiger partial charge < -0.3 is 4.90 Å². The smallest absolute Gasteiger partial charge is 0.293 e. The number of aromatic amines is 1. The van der Waals surface area contributed by atoms with Crippen LogP contribution in [0.25, 0.3) is 0 Å². The minimum absolute atomic E-state index is 0.132. The number of halogens is 1. The molecule has 0 saturated carbocycles. The van der Waals surface area contributed by atoms with Gasteiger partial charge in [-0.3, -0.25) is 9.89 Å². The van der Waals surface area contributed by atoms with E-state index in [9.17, 15) is 9.18 Å². The molecule has 1 N–H and O–H groups in total. The Balaban J connectivity index is 2.08. The zero-order chi connectivity index (χ0) is 14.7. The standard InChI is InChI=1S/C14H17FN4O/c1-9(2)12-16-13(18-17-12)14(20)19(3)8-10-5-4-6-11(15)7-10/h4-7,9H,8H2,1-3H3,(H,16,17,18). The third-order valence-electron chi connectivity index (χ3n) is 2.90. The molecule has 0 bridgehead atoms. The molecule has 106 valence electrons. The molecule has 1 heterocycles. The van der Waals surface area contributed by atoms with E-state index in [1.807, 2.05) is 13.8 Å². The average molecular weight is 276 g/mol. The Morgan fingerprint density at radius 3 is 2.80 bits per heavy atom. The molecular weight excluding hydrogens is 259 g/mol. The van der Waals surface area contributed by atoms with E-state index < -0.39 is 0 Å². The van der Waals surface area contributed by atoms with Crippen LogP contribution in [0.3, 0.4) is 0 Å². The lowest BCUT2D eigenvalue weighted by Crippen LogP contribution is -2.27. The number of H-pyrrole nitrogens is 1. The topological polar surface area (TPSA) is 61.9 Å². The highest BCUT2D eigenvalue weighted by Crippen LogP contribution is 2.11. The van der Waals surface area contributed by atoms with Crippen molar-refractivity contribution in [2.24, 2.45) is 0 Å². The minimum Gasteiger partial charge on any atom is -0.335 e. The molecule has 1 aromatic carbocycles. The van der Waals surface area contributed by atoms with E-state index in [1.54, 1.807) is 19.2 Å². The normalized spacial score (nSPS) is 10.8. The number of aromatic nitrogens is 3. The van der Waals surface area contributed by atoms with Gasteiger partial charge in [0.1, 0.15) is 11.6 Å². The maximum atomic E-state index is 13.1. The minimum atomic E-state index is -0.316. The molecule has 6 heteroatoms. The van der Waals surface area contributed by atoms with E-state index in [4.69, 9.17) is 0 Å². The second-order valence-corrected chi connectivity index (χ2v) is 4.99. The molecular formula is C14H17FN4O. The van der Waals surface area contributed by atoms with Gasteiger partial charge in [0.2, 0.25) is 5.82 Å². The van der Waals surface area contributed by atoms with Crippen LogP contribution in [0.5, 0.6) is 0 Å². The Labute approximate surface area is 116 Å². The van der Waals surface area contributed by atoms with Crippen molar-refractivity contribution in [3.63, 3.8) is 0 Å². The molecule has 20 heavy (non-hydrogen) atoms. The summed E-state index contributed by atoms with van der Waals surface area (Å²) in [6, 6.07) is 6.16. The van der Waals surface area contributed by atoms with Crippen molar-refractivity contribution in [2.45, 2.75) is 26.3 Å². The van der Waals surface area contributed by atoms with Gasteiger partial charge in [0.25, 0.3) is 5.91 Å². The molecule has 0 spiro atoms. The van der Waals surface area contributed by atoms with Gasteiger partial charge >= 0.3 is 0 Å². The van der Waals surface area contributed by atoms with Crippen molar-refractivity contribution in [3.8, 4) is 0 Å². The van der Waals surface area contributed by atoms with E-state index in [1.165, 1.54) is 17.0 Å². The van der Waals surface area contributed by atoms with Crippen molar-refractivity contribution in [3.05, 3.63) is 47.3 Å². The molecule has 5 nitrogen and oxygen atoms in total. The Bertz CT molecular complexity index is 609. The second kappa shape index (κ2) is 5.81. The predicted octanol–water partition coefficient (Wildman–Crippen LogP) is 2.34. The van der Waals surface area contributed by atoms with Crippen LogP contribution < -0.4 is 0 Å². The number of rotatable bonds is 4. The first-order chi connectivity index (χ1) is 9.47. The molecule has 0 atom stereocenters. The summed E-state index contributed by atoms with van der Waals surface area (Å²) in [7, 11) is 1.64. The second-order valence-electron chi connectivity index (χ2n) is 4.99. The molecule has 0 unspecified atom stereocenters. The van der Waals surface area contributed by atoms with Gasteiger partial charge in [0.05, 0.1) is 0 Å². The fourth-order valence-corrected chi connectivity index (χ4v) is 1.78. The van der Waals surface area contributed by atoms with E-state index in [0.717, 1.165) is 5.56 Å². The van der Waals surface area contributed by atoms with E-state index in [0.29, 0.717) is 12.4 Å². The zero-order valence-electron chi connectivity index (χ0n) is 11.7. The molecule has 1 amide bonds. The lowest BCUT2D eigenvalue weighted by molar-refractivity contribution is 0.0773. The van der Waals surface area contributed by atoms with Crippen LogP contribution in [-0.2, 0) is 6.54 Å². The first-order valence-electron chi connectivity index (χ1n) is 6.39. The fourth-order valence-electron chi connectivity index (χ4n) is 1.78. The summed E-state index contributed by atoms with van der Waals surface area (Å²) in [4.78, 5) is 17.8. The number of carbonyl (C=O) groups excluding carboxylic acids is 1. The van der Waals surface area contributed by atoms with Crippen molar-refractivity contribution < 1.29 is 9.18 Å². The first-order valence-corrected chi connectivity index (χ1v) is 6.39. The summed E-state index contributed by atoms with van der Waals surface area (Å²) in [5.41, 5.74) is 0.723. The quantitative estimate of drug-likeness (QED) is 0.932. The van der Waals surface area contributed by atoms with Crippen LogP contribution >= 0.6 is 0 Å². The number of nitrogens with one attached hydrogen (secondary N) is 1. The molecule has 0 aliphatic carbocycles. The fraction of sp³-hybridized carbons (Fsp3) is 0.357. The lowest BCUT2D eigenvalue weighted by atomic mass is 10.2. The molecule has 2 rings (SSSR count). The van der Waals surface area contributed by atoms with Crippen molar-refractivity contribution in [1.29, 1.82) is 0 Å². The molecule has 0 fully saturated rings. The summed E-state index contributed by atoms with van der Waals surface area (Å²) in [5, 5.41) is 6.66. The maximum absolute atomic E-state index is 13.1. The average Bonchev–Trinajstić information content (AvgIpc) is 2.87. The number of benzene rings is 1. The highest BCUT2D eigenvalue weighted by atomic mass is 19.1. The molecule has 2 aromatic rings. The zero-order valence-corrected chi connectivity index (χ0v) is 11.7. The highest BCUT2D eigenvalue weighted by Gasteiger charge is 2.18. The number of hydrogen-bond acceptors (Lipinski definition) is 3. The molecule has 0 saturated heterocycles. The largest absolute Gasteiger partial charge is 0.335 e. The Morgan fingerprint density at radius 1 is 1.45 bits per heavy atom. The van der Waals surface area contributed by atoms with Crippen LogP contribution in [0.1, 0.15) is 41.8 Å². The summed E-state index contributed by atoms with van der Waals surface area (Å²) in [5.74, 6) is 0.374. The molecule has 0 radical (unpaired) electrons. The van der Waals surface area contributed by atoms with Gasteiger partial charge in [-0.15, -0.1) is 5.10 Å². The Morgan fingerprint density at radius 2 is 2.20 bits per heavy atom. The molecule has 1 aromatic heterocycles. The van der Waals surface area contributed by atoms with Crippen LogP contribution in [0.4, 0.5) is 4.39 Å². The number of hydrogen-bond donors (Lipinski definition) is 1. The van der Waals surface area contributed by atoms with Gasteiger partial charge in [-0.1, -0.05) is 26.0 Å². The number of carbonyl (C=O) groups is 1. The number of nitrogens with zero attached hydrogens (tertiary/aromatic N) is 3. The van der Waals surface area contributed by atoms with Gasteiger partial charge in [-0.2, -0.15) is 0 Å². The predicted molar refractivity (Wildman–Crippen MR) is 72.7 cm³/mol. The van der Waals surface area contributed by atoms with E-state index >= 15 is 0 Å². The van der Waals surface area contributed by atoms with Crippen molar-refractivity contribution in [1.82, 2.24) is 20.1 Å². The van der Waals surface area contributed by atoms with Gasteiger partial charge in [-0.25, -0.2) is 9.37 Å². The van der Waals surface area contributed by atoms with Gasteiger partial charge in [0, 0.05) is 19.5 Å². The van der Waals surface area contributed by atoms with Crippen LogP contribution in [0, 0.1) is 5.82 Å². The lowest BCUT2D eigenvalue weighted by Gasteiger charge is -2.15. The summed E-state index contributed by atoms with van der Waals surface area (Å²) in [6.07, 6.45) is 0. The van der Waals surface area contributed by atoms with Gasteiger partial charge in [0.15, 0.2) is 0 Å². The molecule has 0 aliphatic heterocycles. The third-order valence-corrected chi connectivity index (χ3v) is 2.90. The van der Waals surface area contributed by atoms with E-state index in [2.05, 4.69) is 15.2 Å². The Hall–Kier alpha value is -2.24. The summed E-state index contributed by atoms with van der Waals surface area (Å²) < 4.78 is 13.1. The number of amides is 1. The Kier molecular flexibility index (Phi) is 4.12. The third kappa shape index (κ3) is 3.20. The van der Waals surface area contributed by atoms with Gasteiger partial charge in [-0.05, 0) is 17.7 Å². The monoisotopic (exact) mass is 276 g/mol. The van der Waals surface area contributed by atoms with Crippen LogP contribution in [0.2, 0.25) is 0 Å².